The van der Waals surface area contributed by atoms with Crippen molar-refractivity contribution in [2.24, 2.45) is 5.73 Å². The van der Waals surface area contributed by atoms with Gasteiger partial charge < -0.3 is 15.2 Å². The number of Topliss-reactive ketones (excluding diaryl/α,β-unsaturated/α-hetero) is 2. The quantitative estimate of drug-likeness (QED) is 0.428. The zero-order valence-corrected chi connectivity index (χ0v) is 19.3. The van der Waals surface area contributed by atoms with Crippen LogP contribution in [0.5, 0.6) is 0 Å². The van der Waals surface area contributed by atoms with Crippen molar-refractivity contribution in [3.8, 4) is 0 Å². The van der Waals surface area contributed by atoms with Gasteiger partial charge in [0.05, 0.1) is 6.57 Å². The molecule has 0 aliphatic carbocycles. The second kappa shape index (κ2) is 18.1. The molecule has 0 aliphatic heterocycles. The number of methoxy groups -OCH3 is 2. The number of primary amides is 1. The summed E-state index contributed by atoms with van der Waals surface area (Å²) in [5, 5.41) is 0. The Morgan fingerprint density at radius 2 is 1.35 bits per heavy atom. The Labute approximate surface area is 203 Å². The van der Waals surface area contributed by atoms with Gasteiger partial charge in [0.25, 0.3) is 0 Å². The summed E-state index contributed by atoms with van der Waals surface area (Å²) in [6, 6.07) is 14.7. The number of carbonyl (C=O) groups excluding carboxylic acids is 3. The van der Waals surface area contributed by atoms with E-state index in [4.69, 9.17) is 21.8 Å². The van der Waals surface area contributed by atoms with Crippen LogP contribution in [-0.2, 0) is 31.9 Å². The Bertz CT molecular complexity index is 950. The van der Waals surface area contributed by atoms with E-state index in [0.717, 1.165) is 36.8 Å². The van der Waals surface area contributed by atoms with E-state index in [1.54, 1.807) is 24.3 Å². The maximum Gasteiger partial charge on any atom is 0.248 e. The van der Waals surface area contributed by atoms with Gasteiger partial charge in [-0.15, -0.1) is 0 Å². The number of ether oxygens (including phenoxy) is 2. The summed E-state index contributed by atoms with van der Waals surface area (Å²) < 4.78 is 9.50. The van der Waals surface area contributed by atoms with Crippen LogP contribution in [-0.4, -0.2) is 44.9 Å². The fourth-order valence-electron chi connectivity index (χ4n) is 3.11. The Kier molecular flexibility index (Phi) is 16.3. The third-order valence-electron chi connectivity index (χ3n) is 4.70. The van der Waals surface area contributed by atoms with Crippen molar-refractivity contribution in [1.82, 2.24) is 0 Å². The number of hydrogen-bond donors (Lipinski definition) is 1. The molecule has 0 heterocycles. The van der Waals surface area contributed by atoms with Gasteiger partial charge in [0.15, 0.2) is 17.3 Å². The lowest BCUT2D eigenvalue weighted by molar-refractivity contribution is -0.123. The molecule has 34 heavy (non-hydrogen) atoms. The molecule has 0 aromatic heterocycles. The molecule has 7 nitrogen and oxygen atoms in total. The van der Waals surface area contributed by atoms with Crippen molar-refractivity contribution < 1.29 is 23.9 Å². The zero-order valence-electron chi connectivity index (χ0n) is 19.3. The number of nitrogens with zero attached hydrogens (tertiary/aromatic N) is 1. The van der Waals surface area contributed by atoms with E-state index in [-0.39, 0.29) is 32.2 Å². The summed E-state index contributed by atoms with van der Waals surface area (Å²) in [6.45, 7) is 7.26. The van der Waals surface area contributed by atoms with Gasteiger partial charge in [-0.3, -0.25) is 14.4 Å². The Balaban J connectivity index is 0.000000623. The number of nitrogens with two attached hydrogens (primary N) is 1. The largest absolute Gasteiger partial charge is 0.377 e. The average molecular weight is 469 g/mol. The summed E-state index contributed by atoms with van der Waals surface area (Å²) in [7, 11) is 3.03. The van der Waals surface area contributed by atoms with Crippen LogP contribution >= 0.6 is 0 Å². The predicted octanol–water partition coefficient (Wildman–Crippen LogP) is 4.74. The van der Waals surface area contributed by atoms with E-state index in [1.165, 1.54) is 14.2 Å². The topological polar surface area (TPSA) is 100 Å². The van der Waals surface area contributed by atoms with Crippen LogP contribution in [0.15, 0.2) is 48.5 Å². The van der Waals surface area contributed by atoms with Gasteiger partial charge in [-0.05, 0) is 43.4 Å². The summed E-state index contributed by atoms with van der Waals surface area (Å²) in [5.74, 6) is -0.204. The monoisotopic (exact) mass is 468 g/mol. The fraction of sp³-hybridized carbons (Fsp3) is 0.407. The van der Waals surface area contributed by atoms with Crippen LogP contribution < -0.4 is 5.73 Å². The van der Waals surface area contributed by atoms with Gasteiger partial charge >= 0.3 is 0 Å². The SMILES string of the molecule is C.COCC(=O)CCCc1cccc(C(N)=O)c1.[C-]#[N+]c1cccc(CCCC(=O)COC)c1. The normalized spacial score (nSPS) is 9.68. The van der Waals surface area contributed by atoms with Crippen molar-refractivity contribution >= 4 is 23.2 Å². The van der Waals surface area contributed by atoms with Crippen LogP contribution in [0.2, 0.25) is 0 Å². The molecule has 2 aromatic carbocycles. The molecule has 0 unspecified atom stereocenters. The number of amides is 1. The number of rotatable bonds is 13. The van der Waals surface area contributed by atoms with Gasteiger partial charge in [-0.2, -0.15) is 0 Å². The number of benzene rings is 2. The van der Waals surface area contributed by atoms with E-state index in [0.29, 0.717) is 24.1 Å². The van der Waals surface area contributed by atoms with E-state index >= 15 is 0 Å². The molecule has 2 rings (SSSR count). The Morgan fingerprint density at radius 3 is 1.82 bits per heavy atom. The minimum Gasteiger partial charge on any atom is -0.377 e. The number of hydrogen-bond acceptors (Lipinski definition) is 5. The summed E-state index contributed by atoms with van der Waals surface area (Å²) in [4.78, 5) is 36.7. The third kappa shape index (κ3) is 13.3. The molecule has 1 amide bonds. The highest BCUT2D eigenvalue weighted by Crippen LogP contribution is 2.15. The summed E-state index contributed by atoms with van der Waals surface area (Å²) in [6.07, 6.45) is 4.19. The smallest absolute Gasteiger partial charge is 0.248 e. The lowest BCUT2D eigenvalue weighted by Gasteiger charge is -2.03. The van der Waals surface area contributed by atoms with Crippen molar-refractivity contribution in [3.05, 3.63) is 76.6 Å². The number of aryl methyl sites for hydroxylation is 2. The molecule has 0 aliphatic rings. The van der Waals surface area contributed by atoms with E-state index in [1.807, 2.05) is 24.3 Å². The lowest BCUT2D eigenvalue weighted by atomic mass is 10.0. The highest BCUT2D eigenvalue weighted by Gasteiger charge is 2.04. The van der Waals surface area contributed by atoms with Crippen LogP contribution in [0.25, 0.3) is 4.85 Å². The molecular formula is C27H36N2O5. The highest BCUT2D eigenvalue weighted by atomic mass is 16.5. The van der Waals surface area contributed by atoms with E-state index in [9.17, 15) is 14.4 Å². The molecule has 2 aromatic rings. The standard InChI is InChI=1S/C13H17NO3.C13H15NO2.CH4/c1-17-9-12(15)7-3-5-10-4-2-6-11(8-10)13(14)16;1-14-12-7-3-5-11(9-12)6-4-8-13(15)10-16-2;/h2,4,6,8H,3,5,7,9H2,1H3,(H2,14,16);3,5,7,9H,4,6,8,10H2,2H3;1H4. The number of carbonyl (C=O) groups is 3. The molecular weight excluding hydrogens is 432 g/mol. The molecule has 0 spiro atoms. The second-order valence-electron chi connectivity index (χ2n) is 7.50. The molecule has 184 valence electrons. The molecule has 2 N–H and O–H groups in total. The first-order chi connectivity index (χ1) is 15.9. The maximum absolute atomic E-state index is 11.2. The zero-order chi connectivity index (χ0) is 24.5. The van der Waals surface area contributed by atoms with Crippen LogP contribution in [0.3, 0.4) is 0 Å². The van der Waals surface area contributed by atoms with Crippen molar-refractivity contribution in [2.45, 2.75) is 46.0 Å². The molecule has 7 heteroatoms. The number of ketones is 2. The molecule has 0 fully saturated rings. The maximum atomic E-state index is 11.2. The molecule has 0 saturated heterocycles. The van der Waals surface area contributed by atoms with Crippen LogP contribution in [0.4, 0.5) is 5.69 Å². The Morgan fingerprint density at radius 1 is 0.853 bits per heavy atom. The molecule has 0 saturated carbocycles. The summed E-state index contributed by atoms with van der Waals surface area (Å²) in [5.41, 5.74) is 8.48. The average Bonchev–Trinajstić information content (AvgIpc) is 2.80. The van der Waals surface area contributed by atoms with Gasteiger partial charge in [0, 0.05) is 32.6 Å². The van der Waals surface area contributed by atoms with E-state index in [2.05, 4.69) is 4.85 Å². The van der Waals surface area contributed by atoms with Crippen molar-refractivity contribution in [2.75, 3.05) is 27.4 Å². The van der Waals surface area contributed by atoms with E-state index < -0.39 is 5.91 Å². The first-order valence-corrected chi connectivity index (χ1v) is 10.8. The van der Waals surface area contributed by atoms with Gasteiger partial charge in [-0.25, -0.2) is 4.85 Å². The first-order valence-electron chi connectivity index (χ1n) is 10.8. The third-order valence-corrected chi connectivity index (χ3v) is 4.70. The Hall–Kier alpha value is -3.34. The van der Waals surface area contributed by atoms with Gasteiger partial charge in [-0.1, -0.05) is 49.4 Å². The van der Waals surface area contributed by atoms with Crippen LogP contribution in [0, 0.1) is 6.57 Å². The van der Waals surface area contributed by atoms with Gasteiger partial charge in [0.1, 0.15) is 13.2 Å². The van der Waals surface area contributed by atoms with Crippen molar-refractivity contribution in [3.63, 3.8) is 0 Å². The van der Waals surface area contributed by atoms with Gasteiger partial charge in [0.2, 0.25) is 5.91 Å². The minimum atomic E-state index is -0.428. The van der Waals surface area contributed by atoms with Crippen LogP contribution in [0.1, 0.15) is 54.6 Å². The minimum absolute atomic E-state index is 0. The fourth-order valence-corrected chi connectivity index (χ4v) is 3.11. The highest BCUT2D eigenvalue weighted by molar-refractivity contribution is 5.92. The molecule has 0 bridgehead atoms. The molecule has 0 radical (unpaired) electrons. The molecule has 0 atom stereocenters. The predicted molar refractivity (Wildman–Crippen MR) is 134 cm³/mol. The lowest BCUT2D eigenvalue weighted by Crippen LogP contribution is -2.11. The summed E-state index contributed by atoms with van der Waals surface area (Å²) >= 11 is 0. The first kappa shape index (κ1) is 30.7. The second-order valence-corrected chi connectivity index (χ2v) is 7.50. The van der Waals surface area contributed by atoms with Crippen molar-refractivity contribution in [1.29, 1.82) is 0 Å².